The molecule has 2 heteroatoms. The number of allylic oxidation sites excluding steroid dienone is 2. The minimum Gasteiger partial charge on any atom is -0.508 e. The number of Topliss-reactive ketones (excluding diaryl/α,β-unsaturated/α-hetero) is 1. The highest BCUT2D eigenvalue weighted by atomic mass is 16.3. The van der Waals surface area contributed by atoms with Crippen molar-refractivity contribution in [1.82, 2.24) is 0 Å². The Morgan fingerprint density at radius 3 is 2.50 bits per heavy atom. The normalized spacial score (nSPS) is 48.0. The van der Waals surface area contributed by atoms with E-state index in [0.29, 0.717) is 29.3 Å². The van der Waals surface area contributed by atoms with Crippen LogP contribution in [0.5, 0.6) is 0 Å². The maximum Gasteiger partial charge on any atom is 0.139 e. The van der Waals surface area contributed by atoms with E-state index in [-0.39, 0.29) is 10.8 Å². The lowest BCUT2D eigenvalue weighted by Gasteiger charge is -2.57. The van der Waals surface area contributed by atoms with Crippen molar-refractivity contribution < 1.29 is 9.90 Å². The number of carbonyl (C=O) groups excluding carboxylic acids is 1. The van der Waals surface area contributed by atoms with Gasteiger partial charge in [0.25, 0.3) is 0 Å². The molecule has 3 fully saturated rings. The largest absolute Gasteiger partial charge is 0.508 e. The molecule has 5 atom stereocenters. The number of aliphatic hydroxyl groups excluding tert-OH is 1. The zero-order chi connectivity index (χ0) is 15.7. The molecule has 0 bridgehead atoms. The van der Waals surface area contributed by atoms with Crippen LogP contribution >= 0.6 is 0 Å². The lowest BCUT2D eigenvalue weighted by atomic mass is 9.47. The van der Waals surface area contributed by atoms with Crippen LogP contribution in [0.2, 0.25) is 0 Å². The molecule has 0 aromatic carbocycles. The first-order valence-corrected chi connectivity index (χ1v) is 9.02. The summed E-state index contributed by atoms with van der Waals surface area (Å²) in [6, 6.07) is 0. The van der Waals surface area contributed by atoms with Crippen LogP contribution in [-0.4, -0.2) is 10.9 Å². The van der Waals surface area contributed by atoms with Crippen LogP contribution in [0.4, 0.5) is 0 Å². The zero-order valence-electron chi connectivity index (χ0n) is 14.0. The monoisotopic (exact) mass is 300 g/mol. The van der Waals surface area contributed by atoms with Gasteiger partial charge in [0.1, 0.15) is 11.5 Å². The number of rotatable bonds is 0. The first kappa shape index (κ1) is 14.5. The van der Waals surface area contributed by atoms with Crippen molar-refractivity contribution >= 4 is 5.78 Å². The minimum atomic E-state index is -0.0426. The molecule has 0 spiro atoms. The van der Waals surface area contributed by atoms with E-state index in [1.54, 1.807) is 0 Å². The van der Waals surface area contributed by atoms with E-state index in [0.717, 1.165) is 56.9 Å². The Bertz CT molecular complexity index is 587. The van der Waals surface area contributed by atoms with Gasteiger partial charge in [-0.3, -0.25) is 4.79 Å². The predicted molar refractivity (Wildman–Crippen MR) is 87.4 cm³/mol. The van der Waals surface area contributed by atoms with Gasteiger partial charge >= 0.3 is 0 Å². The van der Waals surface area contributed by atoms with Gasteiger partial charge in [-0.2, -0.15) is 0 Å². The number of aliphatic hydroxyl groups is 1. The van der Waals surface area contributed by atoms with Crippen molar-refractivity contribution in [2.24, 2.45) is 28.6 Å². The SMILES string of the molecule is C=C1CC[C@@]2(C)C(=C1O)CC[C@@H]1[C@@H]2CC[C@]2(C)C(=O)CC[C@@H]12. The highest BCUT2D eigenvalue weighted by Crippen LogP contribution is 2.65. The molecule has 120 valence electrons. The first-order valence-electron chi connectivity index (χ1n) is 9.02. The lowest BCUT2D eigenvalue weighted by molar-refractivity contribution is -0.132. The van der Waals surface area contributed by atoms with Gasteiger partial charge in [0.2, 0.25) is 0 Å². The summed E-state index contributed by atoms with van der Waals surface area (Å²) in [5.74, 6) is 2.95. The van der Waals surface area contributed by atoms with Gasteiger partial charge in [0.15, 0.2) is 0 Å². The van der Waals surface area contributed by atoms with Gasteiger partial charge in [0, 0.05) is 11.8 Å². The Balaban J connectivity index is 1.73. The Kier molecular flexibility index (Phi) is 2.97. The molecule has 2 nitrogen and oxygen atoms in total. The van der Waals surface area contributed by atoms with Gasteiger partial charge in [-0.15, -0.1) is 0 Å². The predicted octanol–water partition coefficient (Wildman–Crippen LogP) is 4.96. The number of fused-ring (bicyclic) bond motifs is 5. The van der Waals surface area contributed by atoms with Crippen molar-refractivity contribution in [3.05, 3.63) is 23.5 Å². The standard InChI is InChI=1S/C20H28O2/c1-12-8-10-19(2)15-9-11-20(3)14(6-7-17(20)21)13(15)4-5-16(19)18(12)22/h13-15,22H,1,4-11H2,2-3H3/t13-,14-,15-,19+,20-/m0/s1. The fourth-order valence-corrected chi connectivity index (χ4v) is 6.54. The van der Waals surface area contributed by atoms with Crippen molar-refractivity contribution in [3.8, 4) is 0 Å². The molecule has 0 unspecified atom stereocenters. The summed E-state index contributed by atoms with van der Waals surface area (Å²) in [4.78, 5) is 12.4. The smallest absolute Gasteiger partial charge is 0.139 e. The third-order valence-electron chi connectivity index (χ3n) is 7.95. The molecule has 0 saturated heterocycles. The van der Waals surface area contributed by atoms with Crippen molar-refractivity contribution in [2.45, 2.75) is 65.2 Å². The van der Waals surface area contributed by atoms with Crippen molar-refractivity contribution in [2.75, 3.05) is 0 Å². The highest BCUT2D eigenvalue weighted by Gasteiger charge is 2.59. The van der Waals surface area contributed by atoms with Crippen molar-refractivity contribution in [1.29, 1.82) is 0 Å². The van der Waals surface area contributed by atoms with E-state index in [1.165, 1.54) is 5.57 Å². The molecule has 0 aromatic rings. The zero-order valence-corrected chi connectivity index (χ0v) is 14.0. The van der Waals surface area contributed by atoms with E-state index in [2.05, 4.69) is 20.4 Å². The fraction of sp³-hybridized carbons (Fsp3) is 0.750. The summed E-state index contributed by atoms with van der Waals surface area (Å²) in [6.45, 7) is 8.65. The van der Waals surface area contributed by atoms with Gasteiger partial charge in [0.05, 0.1) is 0 Å². The second-order valence-electron chi connectivity index (χ2n) is 8.68. The average Bonchev–Trinajstić information content (AvgIpc) is 2.79. The Labute approximate surface area is 133 Å². The first-order chi connectivity index (χ1) is 10.4. The Hall–Kier alpha value is -1.05. The molecule has 0 heterocycles. The Morgan fingerprint density at radius 2 is 1.73 bits per heavy atom. The number of carbonyl (C=O) groups is 1. The molecule has 0 radical (unpaired) electrons. The van der Waals surface area contributed by atoms with Crippen LogP contribution in [0.25, 0.3) is 0 Å². The minimum absolute atomic E-state index is 0.0426. The van der Waals surface area contributed by atoms with E-state index >= 15 is 0 Å². The van der Waals surface area contributed by atoms with E-state index in [9.17, 15) is 9.90 Å². The third kappa shape index (κ3) is 1.64. The van der Waals surface area contributed by atoms with E-state index < -0.39 is 0 Å². The highest BCUT2D eigenvalue weighted by molar-refractivity contribution is 5.87. The molecule has 4 rings (SSSR count). The van der Waals surface area contributed by atoms with Gasteiger partial charge in [-0.1, -0.05) is 20.4 Å². The quantitative estimate of drug-likeness (QED) is 0.686. The second kappa shape index (κ2) is 4.49. The summed E-state index contributed by atoms with van der Waals surface area (Å²) in [7, 11) is 0. The molecule has 3 saturated carbocycles. The number of hydrogen-bond donors (Lipinski definition) is 1. The summed E-state index contributed by atoms with van der Waals surface area (Å²) in [6.07, 6.45) is 8.32. The van der Waals surface area contributed by atoms with Crippen molar-refractivity contribution in [3.63, 3.8) is 0 Å². The Morgan fingerprint density at radius 1 is 1.00 bits per heavy atom. The van der Waals surface area contributed by atoms with Crippen LogP contribution in [0, 0.1) is 28.6 Å². The molecule has 4 aliphatic rings. The molecule has 0 aliphatic heterocycles. The van der Waals surface area contributed by atoms with Gasteiger partial charge in [-0.05, 0) is 79.3 Å². The van der Waals surface area contributed by atoms with Crippen LogP contribution in [-0.2, 0) is 4.79 Å². The van der Waals surface area contributed by atoms with Gasteiger partial charge < -0.3 is 5.11 Å². The molecule has 1 N–H and O–H groups in total. The summed E-state index contributed by atoms with van der Waals surface area (Å²) in [5, 5.41) is 10.5. The lowest BCUT2D eigenvalue weighted by Crippen LogP contribution is -2.50. The second-order valence-corrected chi connectivity index (χ2v) is 8.68. The topological polar surface area (TPSA) is 37.3 Å². The maximum absolute atomic E-state index is 12.4. The number of ketones is 1. The molecular formula is C20H28O2. The average molecular weight is 300 g/mol. The molecule has 4 aliphatic carbocycles. The van der Waals surface area contributed by atoms with Crippen LogP contribution in [0.3, 0.4) is 0 Å². The summed E-state index contributed by atoms with van der Waals surface area (Å²) in [5.41, 5.74) is 2.31. The van der Waals surface area contributed by atoms with Gasteiger partial charge in [-0.25, -0.2) is 0 Å². The third-order valence-corrected chi connectivity index (χ3v) is 7.95. The van der Waals surface area contributed by atoms with Crippen LogP contribution < -0.4 is 0 Å². The molecule has 0 amide bonds. The summed E-state index contributed by atoms with van der Waals surface area (Å²) < 4.78 is 0. The van der Waals surface area contributed by atoms with Crippen LogP contribution in [0.15, 0.2) is 23.5 Å². The number of hydrogen-bond acceptors (Lipinski definition) is 2. The summed E-state index contributed by atoms with van der Waals surface area (Å²) >= 11 is 0. The molecular weight excluding hydrogens is 272 g/mol. The maximum atomic E-state index is 12.4. The van der Waals surface area contributed by atoms with E-state index in [4.69, 9.17) is 0 Å². The van der Waals surface area contributed by atoms with Crippen LogP contribution in [0.1, 0.15) is 65.2 Å². The molecule has 22 heavy (non-hydrogen) atoms. The molecule has 0 aromatic heterocycles. The van der Waals surface area contributed by atoms with E-state index in [1.807, 2.05) is 0 Å². The fourth-order valence-electron chi connectivity index (χ4n) is 6.54.